The summed E-state index contributed by atoms with van der Waals surface area (Å²) in [5, 5.41) is 6.69. The molecule has 30 heavy (non-hydrogen) atoms. The third kappa shape index (κ3) is 4.21. The quantitative estimate of drug-likeness (QED) is 0.586. The molecule has 0 spiro atoms. The summed E-state index contributed by atoms with van der Waals surface area (Å²) in [7, 11) is 0. The van der Waals surface area contributed by atoms with Crippen LogP contribution in [0.4, 0.5) is 10.1 Å². The van der Waals surface area contributed by atoms with Gasteiger partial charge in [0.2, 0.25) is 0 Å². The fourth-order valence-corrected chi connectivity index (χ4v) is 3.37. The average molecular weight is 430 g/mol. The second kappa shape index (κ2) is 9.09. The van der Waals surface area contributed by atoms with Crippen LogP contribution in [-0.4, -0.2) is 35.0 Å². The second-order valence-corrected chi connectivity index (χ2v) is 6.98. The molecule has 0 radical (unpaired) electrons. The van der Waals surface area contributed by atoms with Gasteiger partial charge in [0.25, 0.3) is 11.8 Å². The lowest BCUT2D eigenvalue weighted by Gasteiger charge is -2.18. The summed E-state index contributed by atoms with van der Waals surface area (Å²) in [6, 6.07) is 10.8. The summed E-state index contributed by atoms with van der Waals surface area (Å²) in [6.07, 6.45) is 0. The zero-order valence-corrected chi connectivity index (χ0v) is 17.6. The molecule has 0 aliphatic carbocycles. The lowest BCUT2D eigenvalue weighted by atomic mass is 10.0. The van der Waals surface area contributed by atoms with Crippen LogP contribution >= 0.6 is 11.6 Å². The van der Waals surface area contributed by atoms with Crippen molar-refractivity contribution in [1.29, 1.82) is 0 Å². The first-order chi connectivity index (χ1) is 14.4. The highest BCUT2D eigenvalue weighted by Crippen LogP contribution is 2.33. The number of nitrogens with zero attached hydrogens (tertiary/aromatic N) is 2. The number of carbonyl (C=O) groups excluding carboxylic acids is 2. The van der Waals surface area contributed by atoms with E-state index in [1.807, 2.05) is 13.8 Å². The van der Waals surface area contributed by atoms with E-state index in [4.69, 9.17) is 16.1 Å². The predicted octanol–water partition coefficient (Wildman–Crippen LogP) is 5.18. The Balaban J connectivity index is 1.86. The Hall–Kier alpha value is -3.19. The Morgan fingerprint density at radius 3 is 2.40 bits per heavy atom. The molecule has 0 aliphatic heterocycles. The molecular formula is C22H21ClFN3O3. The number of hydrogen-bond donors (Lipinski definition) is 1. The minimum absolute atomic E-state index is 0.00124. The summed E-state index contributed by atoms with van der Waals surface area (Å²) in [6.45, 7) is 6.61. The Morgan fingerprint density at radius 1 is 1.13 bits per heavy atom. The van der Waals surface area contributed by atoms with Crippen molar-refractivity contribution in [3.8, 4) is 11.3 Å². The highest BCUT2D eigenvalue weighted by atomic mass is 35.5. The van der Waals surface area contributed by atoms with Gasteiger partial charge in [-0.2, -0.15) is 0 Å². The van der Waals surface area contributed by atoms with Gasteiger partial charge in [0.15, 0.2) is 0 Å². The van der Waals surface area contributed by atoms with Crippen molar-refractivity contribution < 1.29 is 18.5 Å². The summed E-state index contributed by atoms with van der Waals surface area (Å²) >= 11 is 6.12. The number of benzene rings is 2. The number of halogens is 2. The van der Waals surface area contributed by atoms with Crippen LogP contribution in [0.3, 0.4) is 0 Å². The molecule has 156 valence electrons. The molecule has 8 heteroatoms. The molecule has 0 atom stereocenters. The molecule has 0 unspecified atom stereocenters. The lowest BCUT2D eigenvalue weighted by Crippen LogP contribution is -2.30. The summed E-state index contributed by atoms with van der Waals surface area (Å²) in [4.78, 5) is 27.0. The van der Waals surface area contributed by atoms with E-state index < -0.39 is 11.7 Å². The number of hydrogen-bond acceptors (Lipinski definition) is 4. The minimum Gasteiger partial charge on any atom is -0.360 e. The maximum Gasteiger partial charge on any atom is 0.261 e. The lowest BCUT2D eigenvalue weighted by molar-refractivity contribution is 0.0773. The molecule has 1 heterocycles. The molecule has 0 fully saturated rings. The fraction of sp³-hybridized carbons (Fsp3) is 0.227. The molecule has 3 aromatic rings. The van der Waals surface area contributed by atoms with Crippen molar-refractivity contribution >= 4 is 29.1 Å². The molecule has 0 aliphatic rings. The van der Waals surface area contributed by atoms with E-state index in [-0.39, 0.29) is 33.5 Å². The van der Waals surface area contributed by atoms with E-state index >= 15 is 0 Å². The molecule has 0 bridgehead atoms. The molecule has 2 aromatic carbocycles. The van der Waals surface area contributed by atoms with Crippen LogP contribution in [0.15, 0.2) is 47.0 Å². The van der Waals surface area contributed by atoms with Crippen molar-refractivity contribution in [1.82, 2.24) is 10.1 Å². The highest BCUT2D eigenvalue weighted by Gasteiger charge is 2.25. The summed E-state index contributed by atoms with van der Waals surface area (Å²) < 4.78 is 19.5. The number of amides is 2. The maximum atomic E-state index is 14.3. The Bertz CT molecular complexity index is 1060. The number of anilines is 1. The number of rotatable bonds is 6. The van der Waals surface area contributed by atoms with Crippen LogP contribution in [0.1, 0.15) is 40.3 Å². The topological polar surface area (TPSA) is 75.4 Å². The van der Waals surface area contributed by atoms with Crippen LogP contribution < -0.4 is 5.32 Å². The third-order valence-corrected chi connectivity index (χ3v) is 5.04. The van der Waals surface area contributed by atoms with Gasteiger partial charge < -0.3 is 14.7 Å². The van der Waals surface area contributed by atoms with Crippen LogP contribution in [-0.2, 0) is 0 Å². The van der Waals surface area contributed by atoms with E-state index in [0.717, 1.165) is 0 Å². The number of aromatic nitrogens is 1. The van der Waals surface area contributed by atoms with E-state index in [0.29, 0.717) is 24.3 Å². The number of aryl methyl sites for hydroxylation is 1. The third-order valence-electron chi connectivity index (χ3n) is 4.73. The van der Waals surface area contributed by atoms with Gasteiger partial charge in [0.05, 0.1) is 10.6 Å². The van der Waals surface area contributed by atoms with Crippen LogP contribution in [0.25, 0.3) is 11.3 Å². The smallest absolute Gasteiger partial charge is 0.261 e. The Kier molecular flexibility index (Phi) is 6.52. The maximum absolute atomic E-state index is 14.3. The van der Waals surface area contributed by atoms with Gasteiger partial charge in [-0.05, 0) is 57.2 Å². The van der Waals surface area contributed by atoms with Crippen LogP contribution in [0, 0.1) is 12.7 Å². The van der Waals surface area contributed by atoms with Crippen molar-refractivity contribution in [3.05, 3.63) is 70.2 Å². The van der Waals surface area contributed by atoms with Gasteiger partial charge in [-0.1, -0.05) is 22.8 Å². The summed E-state index contributed by atoms with van der Waals surface area (Å²) in [5.74, 6) is -0.977. The van der Waals surface area contributed by atoms with Gasteiger partial charge in [-0.3, -0.25) is 9.59 Å². The zero-order chi connectivity index (χ0) is 21.8. The standard InChI is InChI=1S/C22H21ClFN3O3/c1-4-27(5-2)22(29)14-9-11-15(12-10-14)25-21(28)18-13(3)30-26-20(18)19-16(23)7-6-8-17(19)24/h6-12H,4-5H2,1-3H3,(H,25,28). The highest BCUT2D eigenvalue weighted by molar-refractivity contribution is 6.33. The normalized spacial score (nSPS) is 10.7. The van der Waals surface area contributed by atoms with E-state index in [1.165, 1.54) is 18.2 Å². The molecule has 2 amide bonds. The van der Waals surface area contributed by atoms with Gasteiger partial charge in [-0.15, -0.1) is 0 Å². The Morgan fingerprint density at radius 2 is 1.80 bits per heavy atom. The fourth-order valence-electron chi connectivity index (χ4n) is 3.12. The first kappa shape index (κ1) is 21.5. The van der Waals surface area contributed by atoms with Crippen molar-refractivity contribution in [2.24, 2.45) is 0 Å². The average Bonchev–Trinajstić information content (AvgIpc) is 3.10. The second-order valence-electron chi connectivity index (χ2n) is 6.57. The predicted molar refractivity (Wildman–Crippen MR) is 113 cm³/mol. The van der Waals surface area contributed by atoms with Crippen LogP contribution in [0.2, 0.25) is 5.02 Å². The van der Waals surface area contributed by atoms with E-state index in [9.17, 15) is 14.0 Å². The zero-order valence-electron chi connectivity index (χ0n) is 16.8. The molecule has 1 N–H and O–H groups in total. The first-order valence-electron chi connectivity index (χ1n) is 9.48. The molecule has 0 saturated carbocycles. The summed E-state index contributed by atoms with van der Waals surface area (Å²) in [5.41, 5.74) is 1.12. The van der Waals surface area contributed by atoms with E-state index in [2.05, 4.69) is 10.5 Å². The van der Waals surface area contributed by atoms with Crippen molar-refractivity contribution in [3.63, 3.8) is 0 Å². The monoisotopic (exact) mass is 429 g/mol. The van der Waals surface area contributed by atoms with E-state index in [1.54, 1.807) is 36.1 Å². The molecule has 1 aromatic heterocycles. The number of carbonyl (C=O) groups is 2. The van der Waals surface area contributed by atoms with Gasteiger partial charge in [0.1, 0.15) is 22.8 Å². The first-order valence-corrected chi connectivity index (χ1v) is 9.86. The van der Waals surface area contributed by atoms with Gasteiger partial charge >= 0.3 is 0 Å². The molecule has 0 saturated heterocycles. The Labute approximate surface area is 178 Å². The molecule has 6 nitrogen and oxygen atoms in total. The van der Waals surface area contributed by atoms with Gasteiger partial charge in [0, 0.05) is 24.3 Å². The minimum atomic E-state index is -0.607. The van der Waals surface area contributed by atoms with Crippen molar-refractivity contribution in [2.75, 3.05) is 18.4 Å². The number of nitrogens with one attached hydrogen (secondary N) is 1. The van der Waals surface area contributed by atoms with Crippen LogP contribution in [0.5, 0.6) is 0 Å². The molecule has 3 rings (SSSR count). The SMILES string of the molecule is CCN(CC)C(=O)c1ccc(NC(=O)c2c(-c3c(F)cccc3Cl)noc2C)cc1. The molecular weight excluding hydrogens is 409 g/mol. The van der Waals surface area contributed by atoms with Gasteiger partial charge in [-0.25, -0.2) is 4.39 Å². The van der Waals surface area contributed by atoms with Crippen molar-refractivity contribution in [2.45, 2.75) is 20.8 Å². The largest absolute Gasteiger partial charge is 0.360 e.